The van der Waals surface area contributed by atoms with Crippen molar-refractivity contribution in [3.8, 4) is 0 Å². The van der Waals surface area contributed by atoms with Gasteiger partial charge in [-0.2, -0.15) is 0 Å². The Morgan fingerprint density at radius 3 is 2.36 bits per heavy atom. The molecule has 142 valence electrons. The van der Waals surface area contributed by atoms with Gasteiger partial charge >= 0.3 is 0 Å². The summed E-state index contributed by atoms with van der Waals surface area (Å²) in [6.45, 7) is 4.29. The largest absolute Gasteiger partial charge is 0.348 e. The first-order valence-corrected chi connectivity index (χ1v) is 9.17. The molecule has 0 aliphatic heterocycles. The lowest BCUT2D eigenvalue weighted by molar-refractivity contribution is 0.0950. The predicted octanol–water partition coefficient (Wildman–Crippen LogP) is 4.53. The first kappa shape index (κ1) is 19.6. The van der Waals surface area contributed by atoms with Crippen LogP contribution in [0.25, 0.3) is 0 Å². The Morgan fingerprint density at radius 1 is 0.964 bits per heavy atom. The second kappa shape index (κ2) is 8.67. The molecular formula is C22H20ClN3O2. The van der Waals surface area contributed by atoms with Crippen LogP contribution in [0.1, 0.15) is 37.4 Å². The standard InChI is InChI=1S/C22H20ClN3O2/c1-14-4-3-5-20(15(14)2)26-22(28)18-10-17(12-24-13-18)21(27)25-11-16-6-8-19(23)9-7-16/h3-10,12-13H,11H2,1-2H3,(H,25,27)(H,26,28). The Morgan fingerprint density at radius 2 is 1.64 bits per heavy atom. The summed E-state index contributed by atoms with van der Waals surface area (Å²) < 4.78 is 0. The smallest absolute Gasteiger partial charge is 0.257 e. The number of pyridine rings is 1. The van der Waals surface area contributed by atoms with Gasteiger partial charge in [0.25, 0.3) is 11.8 Å². The third-order valence-electron chi connectivity index (χ3n) is 4.48. The normalized spacial score (nSPS) is 10.4. The molecule has 0 spiro atoms. The summed E-state index contributed by atoms with van der Waals surface area (Å²) in [6.07, 6.45) is 2.88. The van der Waals surface area contributed by atoms with Gasteiger partial charge in [-0.3, -0.25) is 14.6 Å². The van der Waals surface area contributed by atoms with E-state index in [-0.39, 0.29) is 11.8 Å². The number of carbonyl (C=O) groups excluding carboxylic acids is 2. The molecule has 0 saturated carbocycles. The molecular weight excluding hydrogens is 374 g/mol. The first-order chi connectivity index (χ1) is 13.4. The van der Waals surface area contributed by atoms with Gasteiger partial charge in [-0.25, -0.2) is 0 Å². The Labute approximate surface area is 168 Å². The van der Waals surface area contributed by atoms with Gasteiger partial charge in [0.2, 0.25) is 0 Å². The highest BCUT2D eigenvalue weighted by Gasteiger charge is 2.13. The third kappa shape index (κ3) is 4.75. The monoisotopic (exact) mass is 393 g/mol. The molecule has 5 nitrogen and oxygen atoms in total. The summed E-state index contributed by atoms with van der Waals surface area (Å²) in [7, 11) is 0. The fourth-order valence-electron chi connectivity index (χ4n) is 2.66. The van der Waals surface area contributed by atoms with Crippen molar-refractivity contribution in [2.45, 2.75) is 20.4 Å². The summed E-state index contributed by atoms with van der Waals surface area (Å²) in [5.41, 5.74) is 4.40. The number of benzene rings is 2. The molecule has 3 rings (SSSR count). The average Bonchev–Trinajstić information content (AvgIpc) is 2.71. The van der Waals surface area contributed by atoms with Crippen LogP contribution in [-0.2, 0) is 6.54 Å². The van der Waals surface area contributed by atoms with Gasteiger partial charge in [0, 0.05) is 29.6 Å². The molecule has 0 saturated heterocycles. The number of rotatable bonds is 5. The second-order valence-corrected chi connectivity index (χ2v) is 6.91. The lowest BCUT2D eigenvalue weighted by atomic mass is 10.1. The molecule has 0 aliphatic carbocycles. The highest BCUT2D eigenvalue weighted by Crippen LogP contribution is 2.19. The zero-order valence-electron chi connectivity index (χ0n) is 15.6. The van der Waals surface area contributed by atoms with Crippen LogP contribution in [0, 0.1) is 13.8 Å². The quantitative estimate of drug-likeness (QED) is 0.668. The van der Waals surface area contributed by atoms with Gasteiger partial charge in [-0.1, -0.05) is 35.9 Å². The predicted molar refractivity (Wildman–Crippen MR) is 111 cm³/mol. The maximum absolute atomic E-state index is 12.6. The second-order valence-electron chi connectivity index (χ2n) is 6.47. The van der Waals surface area contributed by atoms with E-state index >= 15 is 0 Å². The molecule has 1 heterocycles. The highest BCUT2D eigenvalue weighted by molar-refractivity contribution is 6.30. The van der Waals surface area contributed by atoms with Gasteiger partial charge in [-0.15, -0.1) is 0 Å². The van der Waals surface area contributed by atoms with E-state index in [1.807, 2.05) is 44.2 Å². The Kier molecular flexibility index (Phi) is 6.06. The Balaban J connectivity index is 1.68. The van der Waals surface area contributed by atoms with Gasteiger partial charge in [0.05, 0.1) is 11.1 Å². The summed E-state index contributed by atoms with van der Waals surface area (Å²) in [5.74, 6) is -0.614. The van der Waals surface area contributed by atoms with E-state index in [0.717, 1.165) is 22.4 Å². The molecule has 0 bridgehead atoms. The molecule has 0 atom stereocenters. The van der Waals surface area contributed by atoms with E-state index in [0.29, 0.717) is 22.7 Å². The molecule has 2 aromatic carbocycles. The van der Waals surface area contributed by atoms with Crippen molar-refractivity contribution in [2.24, 2.45) is 0 Å². The maximum Gasteiger partial charge on any atom is 0.257 e. The molecule has 0 radical (unpaired) electrons. The van der Waals surface area contributed by atoms with Crippen molar-refractivity contribution in [1.29, 1.82) is 0 Å². The van der Waals surface area contributed by atoms with Gasteiger partial charge < -0.3 is 10.6 Å². The summed E-state index contributed by atoms with van der Waals surface area (Å²) in [6, 6.07) is 14.5. The summed E-state index contributed by atoms with van der Waals surface area (Å²) in [5, 5.41) is 6.33. The zero-order valence-corrected chi connectivity index (χ0v) is 16.4. The van der Waals surface area contributed by atoms with Crippen molar-refractivity contribution in [1.82, 2.24) is 10.3 Å². The SMILES string of the molecule is Cc1cccc(NC(=O)c2cncc(C(=O)NCc3ccc(Cl)cc3)c2)c1C. The minimum absolute atomic E-state index is 0.302. The Bertz CT molecular complexity index is 1020. The van der Waals surface area contributed by atoms with Crippen molar-refractivity contribution < 1.29 is 9.59 Å². The molecule has 28 heavy (non-hydrogen) atoms. The lowest BCUT2D eigenvalue weighted by Gasteiger charge is -2.11. The molecule has 0 fully saturated rings. The minimum Gasteiger partial charge on any atom is -0.348 e. The van der Waals surface area contributed by atoms with Crippen molar-refractivity contribution >= 4 is 29.1 Å². The number of amides is 2. The van der Waals surface area contributed by atoms with Crippen molar-refractivity contribution in [3.05, 3.63) is 93.8 Å². The Hall–Kier alpha value is -3.18. The van der Waals surface area contributed by atoms with E-state index in [1.54, 1.807) is 12.1 Å². The highest BCUT2D eigenvalue weighted by atomic mass is 35.5. The number of aryl methyl sites for hydroxylation is 1. The summed E-state index contributed by atoms with van der Waals surface area (Å²) in [4.78, 5) is 29.0. The summed E-state index contributed by atoms with van der Waals surface area (Å²) >= 11 is 5.86. The average molecular weight is 394 g/mol. The first-order valence-electron chi connectivity index (χ1n) is 8.79. The van der Waals surface area contributed by atoms with Crippen LogP contribution in [-0.4, -0.2) is 16.8 Å². The van der Waals surface area contributed by atoms with Crippen LogP contribution in [0.2, 0.25) is 5.02 Å². The van der Waals surface area contributed by atoms with Crippen LogP contribution in [0.15, 0.2) is 60.9 Å². The number of aromatic nitrogens is 1. The van der Waals surface area contributed by atoms with E-state index in [9.17, 15) is 9.59 Å². The lowest BCUT2D eigenvalue weighted by Crippen LogP contribution is -2.23. The number of halogens is 1. The molecule has 0 unspecified atom stereocenters. The molecule has 3 aromatic rings. The molecule has 1 aromatic heterocycles. The van der Waals surface area contributed by atoms with Crippen LogP contribution in [0.3, 0.4) is 0 Å². The fraction of sp³-hybridized carbons (Fsp3) is 0.136. The molecule has 6 heteroatoms. The van der Waals surface area contributed by atoms with Crippen LogP contribution in [0.5, 0.6) is 0 Å². The zero-order chi connectivity index (χ0) is 20.1. The van der Waals surface area contributed by atoms with E-state index in [2.05, 4.69) is 15.6 Å². The van der Waals surface area contributed by atoms with Gasteiger partial charge in [-0.05, 0) is 54.8 Å². The minimum atomic E-state index is -0.312. The third-order valence-corrected chi connectivity index (χ3v) is 4.73. The van der Waals surface area contributed by atoms with Crippen LogP contribution >= 0.6 is 11.6 Å². The number of nitrogens with one attached hydrogen (secondary N) is 2. The number of carbonyl (C=O) groups is 2. The molecule has 2 N–H and O–H groups in total. The topological polar surface area (TPSA) is 71.1 Å². The number of hydrogen-bond donors (Lipinski definition) is 2. The van der Waals surface area contributed by atoms with Crippen molar-refractivity contribution in [3.63, 3.8) is 0 Å². The van der Waals surface area contributed by atoms with Gasteiger partial charge in [0.1, 0.15) is 0 Å². The van der Waals surface area contributed by atoms with Crippen molar-refractivity contribution in [2.75, 3.05) is 5.32 Å². The maximum atomic E-state index is 12.6. The molecule has 0 aliphatic rings. The van der Waals surface area contributed by atoms with E-state index in [4.69, 9.17) is 11.6 Å². The van der Waals surface area contributed by atoms with Gasteiger partial charge in [0.15, 0.2) is 0 Å². The van der Waals surface area contributed by atoms with Crippen LogP contribution < -0.4 is 10.6 Å². The number of hydrogen-bond acceptors (Lipinski definition) is 3. The van der Waals surface area contributed by atoms with E-state index < -0.39 is 0 Å². The number of nitrogens with zero attached hydrogens (tertiary/aromatic N) is 1. The van der Waals surface area contributed by atoms with Crippen LogP contribution in [0.4, 0.5) is 5.69 Å². The van der Waals surface area contributed by atoms with E-state index in [1.165, 1.54) is 18.5 Å². The fourth-order valence-corrected chi connectivity index (χ4v) is 2.78. The molecule has 2 amide bonds. The number of anilines is 1.